The van der Waals surface area contributed by atoms with Crippen LogP contribution < -0.4 is 10.2 Å². The van der Waals surface area contributed by atoms with Crippen LogP contribution in [0.1, 0.15) is 16.1 Å². The van der Waals surface area contributed by atoms with Crippen LogP contribution in [0.4, 0.5) is 17.2 Å². The minimum absolute atomic E-state index is 0.0294. The first kappa shape index (κ1) is 18.3. The number of carbonyl (C=O) groups is 1. The van der Waals surface area contributed by atoms with Gasteiger partial charge in [0.1, 0.15) is 5.76 Å². The summed E-state index contributed by atoms with van der Waals surface area (Å²) in [6, 6.07) is 11.3. The topological polar surface area (TPSA) is 74.5 Å². The predicted molar refractivity (Wildman–Crippen MR) is 108 cm³/mol. The lowest BCUT2D eigenvalue weighted by Crippen LogP contribution is -2.48. The number of aromatic nitrogens is 2. The predicted octanol–water partition coefficient (Wildman–Crippen LogP) is 3.74. The number of hydrogen-bond donors (Lipinski definition) is 1. The van der Waals surface area contributed by atoms with E-state index in [0.29, 0.717) is 40.9 Å². The van der Waals surface area contributed by atoms with E-state index >= 15 is 0 Å². The average Bonchev–Trinajstić information content (AvgIpc) is 3.12. The SMILES string of the molecule is Cc1cc(Nc2cncc(C(=O)N3CCN(c4cccc(Cl)c4)CC3)c2)no1. The molecule has 0 bridgehead atoms. The zero-order valence-corrected chi connectivity index (χ0v) is 16.2. The van der Waals surface area contributed by atoms with Crippen molar-refractivity contribution in [2.45, 2.75) is 6.92 Å². The van der Waals surface area contributed by atoms with E-state index in [-0.39, 0.29) is 5.91 Å². The van der Waals surface area contributed by atoms with Crippen molar-refractivity contribution < 1.29 is 9.32 Å². The number of halogens is 1. The van der Waals surface area contributed by atoms with Gasteiger partial charge in [-0.1, -0.05) is 22.8 Å². The van der Waals surface area contributed by atoms with Crippen molar-refractivity contribution in [3.8, 4) is 0 Å². The molecule has 0 spiro atoms. The molecule has 0 radical (unpaired) electrons. The minimum Gasteiger partial charge on any atom is -0.368 e. The molecule has 3 heterocycles. The summed E-state index contributed by atoms with van der Waals surface area (Å²) in [7, 11) is 0. The summed E-state index contributed by atoms with van der Waals surface area (Å²) in [5.41, 5.74) is 2.31. The molecule has 1 amide bonds. The average molecular weight is 398 g/mol. The van der Waals surface area contributed by atoms with Crippen molar-refractivity contribution in [1.82, 2.24) is 15.0 Å². The molecule has 1 aromatic carbocycles. The van der Waals surface area contributed by atoms with Gasteiger partial charge in [0.2, 0.25) is 0 Å². The van der Waals surface area contributed by atoms with Crippen LogP contribution in [0.15, 0.2) is 53.3 Å². The van der Waals surface area contributed by atoms with Crippen molar-refractivity contribution in [1.29, 1.82) is 0 Å². The van der Waals surface area contributed by atoms with Gasteiger partial charge in [0.25, 0.3) is 5.91 Å². The standard InChI is InChI=1S/C20H20ClN5O2/c1-14-9-19(24-28-14)23-17-10-15(12-22-13-17)20(27)26-7-5-25(6-8-26)18-4-2-3-16(21)11-18/h2-4,9-13H,5-8H2,1H3,(H,23,24). The van der Waals surface area contributed by atoms with Crippen molar-refractivity contribution in [2.75, 3.05) is 36.4 Å². The molecule has 28 heavy (non-hydrogen) atoms. The van der Waals surface area contributed by atoms with E-state index < -0.39 is 0 Å². The van der Waals surface area contributed by atoms with E-state index in [9.17, 15) is 4.79 Å². The van der Waals surface area contributed by atoms with Crippen molar-refractivity contribution >= 4 is 34.7 Å². The fourth-order valence-corrected chi connectivity index (χ4v) is 3.41. The lowest BCUT2D eigenvalue weighted by molar-refractivity contribution is 0.0746. The summed E-state index contributed by atoms with van der Waals surface area (Å²) in [6.45, 7) is 4.63. The maximum atomic E-state index is 12.9. The molecule has 3 aromatic rings. The lowest BCUT2D eigenvalue weighted by Gasteiger charge is -2.36. The second-order valence-electron chi connectivity index (χ2n) is 6.67. The summed E-state index contributed by atoms with van der Waals surface area (Å²) in [4.78, 5) is 21.2. The third-order valence-corrected chi connectivity index (χ3v) is 4.86. The summed E-state index contributed by atoms with van der Waals surface area (Å²) < 4.78 is 5.04. The largest absolute Gasteiger partial charge is 0.368 e. The Balaban J connectivity index is 1.40. The Morgan fingerprint density at radius 1 is 1.14 bits per heavy atom. The fourth-order valence-electron chi connectivity index (χ4n) is 3.22. The van der Waals surface area contributed by atoms with Crippen LogP contribution in [0.5, 0.6) is 0 Å². The molecule has 1 fully saturated rings. The molecular formula is C20H20ClN5O2. The highest BCUT2D eigenvalue weighted by molar-refractivity contribution is 6.30. The third-order valence-electron chi connectivity index (χ3n) is 4.63. The number of carbonyl (C=O) groups excluding carboxylic acids is 1. The van der Waals surface area contributed by atoms with E-state index in [1.807, 2.05) is 36.1 Å². The van der Waals surface area contributed by atoms with Gasteiger partial charge in [0.15, 0.2) is 5.82 Å². The first-order chi connectivity index (χ1) is 13.6. The number of benzene rings is 1. The van der Waals surface area contributed by atoms with Crippen LogP contribution in [0.25, 0.3) is 0 Å². The number of piperazine rings is 1. The van der Waals surface area contributed by atoms with E-state index in [1.165, 1.54) is 0 Å². The second-order valence-corrected chi connectivity index (χ2v) is 7.11. The normalized spacial score (nSPS) is 14.2. The molecule has 0 saturated carbocycles. The summed E-state index contributed by atoms with van der Waals surface area (Å²) in [5.74, 6) is 1.26. The summed E-state index contributed by atoms with van der Waals surface area (Å²) in [6.07, 6.45) is 3.24. The number of nitrogens with zero attached hydrogens (tertiary/aromatic N) is 4. The Kier molecular flexibility index (Phi) is 5.16. The molecule has 4 rings (SSSR count). The van der Waals surface area contributed by atoms with Gasteiger partial charge >= 0.3 is 0 Å². The minimum atomic E-state index is -0.0294. The van der Waals surface area contributed by atoms with Crippen LogP contribution in [-0.2, 0) is 0 Å². The Morgan fingerprint density at radius 2 is 1.96 bits per heavy atom. The molecule has 8 heteroatoms. The van der Waals surface area contributed by atoms with Gasteiger partial charge in [-0.15, -0.1) is 0 Å². The molecule has 0 aliphatic carbocycles. The summed E-state index contributed by atoms with van der Waals surface area (Å²) in [5, 5.41) is 7.71. The van der Waals surface area contributed by atoms with E-state index in [0.717, 1.165) is 18.8 Å². The van der Waals surface area contributed by atoms with Gasteiger partial charge in [-0.25, -0.2) is 0 Å². The van der Waals surface area contributed by atoms with Gasteiger partial charge in [-0.3, -0.25) is 9.78 Å². The Hall–Kier alpha value is -3.06. The highest BCUT2D eigenvalue weighted by Crippen LogP contribution is 2.22. The first-order valence-electron chi connectivity index (χ1n) is 9.04. The highest BCUT2D eigenvalue weighted by atomic mass is 35.5. The second kappa shape index (κ2) is 7.90. The van der Waals surface area contributed by atoms with Gasteiger partial charge in [-0.2, -0.15) is 0 Å². The zero-order valence-electron chi connectivity index (χ0n) is 15.4. The molecule has 1 aliphatic heterocycles. The van der Waals surface area contributed by atoms with Gasteiger partial charge in [-0.05, 0) is 31.2 Å². The number of amides is 1. The fraction of sp³-hybridized carbons (Fsp3) is 0.250. The number of aryl methyl sites for hydroxylation is 1. The lowest BCUT2D eigenvalue weighted by atomic mass is 10.2. The number of anilines is 3. The number of rotatable bonds is 4. The molecule has 2 aromatic heterocycles. The van der Waals surface area contributed by atoms with Crippen molar-refractivity contribution in [2.24, 2.45) is 0 Å². The van der Waals surface area contributed by atoms with E-state index in [4.69, 9.17) is 16.1 Å². The molecule has 1 saturated heterocycles. The molecule has 0 unspecified atom stereocenters. The van der Waals surface area contributed by atoms with Crippen LogP contribution in [0.2, 0.25) is 5.02 Å². The maximum Gasteiger partial charge on any atom is 0.255 e. The van der Waals surface area contributed by atoms with Gasteiger partial charge in [0, 0.05) is 49.2 Å². The van der Waals surface area contributed by atoms with Crippen LogP contribution in [0.3, 0.4) is 0 Å². The molecular weight excluding hydrogens is 378 g/mol. The monoisotopic (exact) mass is 397 g/mol. The van der Waals surface area contributed by atoms with E-state index in [1.54, 1.807) is 24.5 Å². The van der Waals surface area contributed by atoms with Crippen LogP contribution in [0, 0.1) is 6.92 Å². The molecule has 1 aliphatic rings. The quantitative estimate of drug-likeness (QED) is 0.722. The summed E-state index contributed by atoms with van der Waals surface area (Å²) >= 11 is 6.08. The molecule has 7 nitrogen and oxygen atoms in total. The Bertz CT molecular complexity index is 982. The van der Waals surface area contributed by atoms with Crippen LogP contribution >= 0.6 is 11.6 Å². The van der Waals surface area contributed by atoms with Crippen LogP contribution in [-0.4, -0.2) is 47.1 Å². The first-order valence-corrected chi connectivity index (χ1v) is 9.41. The Labute approximate surface area is 167 Å². The number of nitrogens with one attached hydrogen (secondary N) is 1. The number of hydrogen-bond acceptors (Lipinski definition) is 6. The molecule has 0 atom stereocenters. The van der Waals surface area contributed by atoms with Gasteiger partial charge in [0.05, 0.1) is 17.4 Å². The third kappa shape index (κ3) is 4.09. The Morgan fingerprint density at radius 3 is 2.68 bits per heavy atom. The number of pyridine rings is 1. The van der Waals surface area contributed by atoms with E-state index in [2.05, 4.69) is 20.4 Å². The van der Waals surface area contributed by atoms with Crippen molar-refractivity contribution in [3.63, 3.8) is 0 Å². The van der Waals surface area contributed by atoms with Crippen molar-refractivity contribution in [3.05, 3.63) is 65.1 Å². The molecule has 144 valence electrons. The smallest absolute Gasteiger partial charge is 0.255 e. The van der Waals surface area contributed by atoms with Gasteiger partial charge < -0.3 is 19.6 Å². The maximum absolute atomic E-state index is 12.9. The highest BCUT2D eigenvalue weighted by Gasteiger charge is 2.23. The molecule has 1 N–H and O–H groups in total. The zero-order chi connectivity index (χ0) is 19.5.